The highest BCUT2D eigenvalue weighted by molar-refractivity contribution is 5.72. The van der Waals surface area contributed by atoms with Crippen LogP contribution in [0.25, 0.3) is 11.1 Å². The molecule has 0 spiro atoms. The molecule has 7 heteroatoms. The first-order valence-electron chi connectivity index (χ1n) is 16.5. The standard InChI is InChI=1S/C37H48N2O5/c1-27(2)44-35-10-8-9-31(32(35)23-28-11-12-30(36(24-28)40-3)26-39-17-6-7-18-39)29-13-14-34(33(25-29)37-42-21-22-43-37)41-20-19-38-15-4-5-16-38/h8-14,24-25,27,37H,4-7,15-23,26H2,1-3H3. The highest BCUT2D eigenvalue weighted by atomic mass is 16.7. The van der Waals surface area contributed by atoms with Crippen molar-refractivity contribution < 1.29 is 23.7 Å². The molecule has 0 unspecified atom stereocenters. The van der Waals surface area contributed by atoms with Crippen molar-refractivity contribution in [1.82, 2.24) is 9.80 Å². The summed E-state index contributed by atoms with van der Waals surface area (Å²) >= 11 is 0. The van der Waals surface area contributed by atoms with Crippen molar-refractivity contribution in [3.05, 3.63) is 76.9 Å². The lowest BCUT2D eigenvalue weighted by atomic mass is 9.92. The summed E-state index contributed by atoms with van der Waals surface area (Å²) in [6.07, 6.45) is 5.47. The van der Waals surface area contributed by atoms with E-state index >= 15 is 0 Å². The summed E-state index contributed by atoms with van der Waals surface area (Å²) in [7, 11) is 1.78. The normalized spacial score (nSPS) is 18.0. The van der Waals surface area contributed by atoms with Crippen molar-refractivity contribution in [3.63, 3.8) is 0 Å². The van der Waals surface area contributed by atoms with Gasteiger partial charge in [0.05, 0.1) is 32.0 Å². The monoisotopic (exact) mass is 600 g/mol. The molecule has 0 atom stereocenters. The fourth-order valence-corrected chi connectivity index (χ4v) is 6.66. The zero-order chi connectivity index (χ0) is 30.3. The molecule has 0 radical (unpaired) electrons. The van der Waals surface area contributed by atoms with Crippen LogP contribution in [0.4, 0.5) is 0 Å². The molecule has 6 rings (SSSR count). The highest BCUT2D eigenvalue weighted by Crippen LogP contribution is 2.39. The van der Waals surface area contributed by atoms with Gasteiger partial charge in [0.25, 0.3) is 0 Å². The fraction of sp³-hybridized carbons (Fsp3) is 0.514. The minimum Gasteiger partial charge on any atom is -0.496 e. The van der Waals surface area contributed by atoms with Crippen molar-refractivity contribution in [3.8, 4) is 28.4 Å². The number of hydrogen-bond acceptors (Lipinski definition) is 7. The van der Waals surface area contributed by atoms with Crippen LogP contribution in [0.3, 0.4) is 0 Å². The molecular weight excluding hydrogens is 552 g/mol. The van der Waals surface area contributed by atoms with Crippen molar-refractivity contribution in [2.45, 2.75) is 64.9 Å². The topological polar surface area (TPSA) is 52.6 Å². The van der Waals surface area contributed by atoms with Crippen molar-refractivity contribution in [1.29, 1.82) is 0 Å². The summed E-state index contributed by atoms with van der Waals surface area (Å²) in [6, 6.07) is 19.4. The Kier molecular flexibility index (Phi) is 10.4. The zero-order valence-electron chi connectivity index (χ0n) is 26.7. The molecule has 3 fully saturated rings. The van der Waals surface area contributed by atoms with E-state index in [0.29, 0.717) is 19.8 Å². The average Bonchev–Trinajstić information content (AvgIpc) is 3.84. The maximum atomic E-state index is 6.39. The summed E-state index contributed by atoms with van der Waals surface area (Å²) in [5, 5.41) is 0. The number of nitrogens with zero attached hydrogens (tertiary/aromatic N) is 2. The second-order valence-corrected chi connectivity index (χ2v) is 12.5. The summed E-state index contributed by atoms with van der Waals surface area (Å²) < 4.78 is 30.6. The molecule has 3 aromatic carbocycles. The van der Waals surface area contributed by atoms with Crippen LogP contribution in [-0.4, -0.2) is 75.6 Å². The van der Waals surface area contributed by atoms with Gasteiger partial charge in [0.15, 0.2) is 6.29 Å². The predicted molar refractivity (Wildman–Crippen MR) is 174 cm³/mol. The summed E-state index contributed by atoms with van der Waals surface area (Å²) in [5.41, 5.74) is 6.75. The molecular formula is C37H48N2O5. The van der Waals surface area contributed by atoms with Gasteiger partial charge in [0.1, 0.15) is 23.9 Å². The van der Waals surface area contributed by atoms with E-state index in [2.05, 4.69) is 78.2 Å². The maximum Gasteiger partial charge on any atom is 0.187 e. The molecule has 3 aliphatic heterocycles. The molecule has 3 aliphatic rings. The first-order chi connectivity index (χ1) is 21.6. The molecule has 0 bridgehead atoms. The Morgan fingerprint density at radius 2 is 1.57 bits per heavy atom. The average molecular weight is 601 g/mol. The van der Waals surface area contributed by atoms with E-state index in [4.69, 9.17) is 23.7 Å². The molecule has 7 nitrogen and oxygen atoms in total. The number of rotatable bonds is 13. The summed E-state index contributed by atoms with van der Waals surface area (Å²) in [6.45, 7) is 12.5. The predicted octanol–water partition coefficient (Wildman–Crippen LogP) is 6.86. The third-order valence-electron chi connectivity index (χ3n) is 8.88. The van der Waals surface area contributed by atoms with Gasteiger partial charge in [-0.2, -0.15) is 0 Å². The number of ether oxygens (including phenoxy) is 5. The Balaban J connectivity index is 1.30. The van der Waals surface area contributed by atoms with Crippen molar-refractivity contribution >= 4 is 0 Å². The lowest BCUT2D eigenvalue weighted by Crippen LogP contribution is -2.25. The molecule has 0 N–H and O–H groups in total. The third-order valence-corrected chi connectivity index (χ3v) is 8.88. The fourth-order valence-electron chi connectivity index (χ4n) is 6.66. The van der Waals surface area contributed by atoms with Crippen LogP contribution in [0.2, 0.25) is 0 Å². The van der Waals surface area contributed by atoms with Gasteiger partial charge in [-0.15, -0.1) is 0 Å². The van der Waals surface area contributed by atoms with Crippen LogP contribution < -0.4 is 14.2 Å². The van der Waals surface area contributed by atoms with Crippen molar-refractivity contribution in [2.24, 2.45) is 0 Å². The SMILES string of the molecule is COc1cc(Cc2c(OC(C)C)cccc2-c2ccc(OCCN3CCCC3)c(C3OCCO3)c2)ccc1CN1CCCC1. The minimum atomic E-state index is -0.428. The van der Waals surface area contributed by atoms with E-state index in [1.54, 1.807) is 7.11 Å². The maximum absolute atomic E-state index is 6.39. The van der Waals surface area contributed by atoms with Crippen LogP contribution >= 0.6 is 0 Å². The van der Waals surface area contributed by atoms with E-state index in [1.165, 1.54) is 36.8 Å². The molecule has 3 heterocycles. The molecule has 0 amide bonds. The Labute approximate surface area is 263 Å². The highest BCUT2D eigenvalue weighted by Gasteiger charge is 2.25. The Bertz CT molecular complexity index is 1370. The van der Waals surface area contributed by atoms with Crippen LogP contribution in [0.5, 0.6) is 17.2 Å². The van der Waals surface area contributed by atoms with Gasteiger partial charge in [-0.05, 0) is 107 Å². The first-order valence-corrected chi connectivity index (χ1v) is 16.5. The van der Waals surface area contributed by atoms with Crippen LogP contribution in [-0.2, 0) is 22.4 Å². The summed E-state index contributed by atoms with van der Waals surface area (Å²) in [5.74, 6) is 2.68. The molecule has 0 saturated carbocycles. The smallest absolute Gasteiger partial charge is 0.187 e. The van der Waals surface area contributed by atoms with Gasteiger partial charge in [0, 0.05) is 30.6 Å². The van der Waals surface area contributed by atoms with E-state index in [-0.39, 0.29) is 6.10 Å². The molecule has 3 saturated heterocycles. The molecule has 0 aliphatic carbocycles. The van der Waals surface area contributed by atoms with E-state index in [9.17, 15) is 0 Å². The van der Waals surface area contributed by atoms with Crippen molar-refractivity contribution in [2.75, 3.05) is 59.7 Å². The quantitative estimate of drug-likeness (QED) is 0.213. The van der Waals surface area contributed by atoms with Gasteiger partial charge in [-0.3, -0.25) is 9.80 Å². The largest absolute Gasteiger partial charge is 0.496 e. The minimum absolute atomic E-state index is 0.0589. The van der Waals surface area contributed by atoms with Gasteiger partial charge < -0.3 is 23.7 Å². The third kappa shape index (κ3) is 7.57. The summed E-state index contributed by atoms with van der Waals surface area (Å²) in [4.78, 5) is 4.98. The first kappa shape index (κ1) is 30.9. The Hall–Kier alpha value is -3.10. The van der Waals surface area contributed by atoms with Crippen LogP contribution in [0.15, 0.2) is 54.6 Å². The number of methoxy groups -OCH3 is 1. The second kappa shape index (κ2) is 14.8. The molecule has 236 valence electrons. The lowest BCUT2D eigenvalue weighted by molar-refractivity contribution is -0.0457. The Morgan fingerprint density at radius 3 is 2.30 bits per heavy atom. The van der Waals surface area contributed by atoms with Gasteiger partial charge >= 0.3 is 0 Å². The van der Waals surface area contributed by atoms with Gasteiger partial charge in [-0.1, -0.05) is 30.3 Å². The number of benzene rings is 3. The lowest BCUT2D eigenvalue weighted by Gasteiger charge is -2.22. The van der Waals surface area contributed by atoms with E-state index < -0.39 is 6.29 Å². The molecule has 44 heavy (non-hydrogen) atoms. The number of likely N-dealkylation sites (tertiary alicyclic amines) is 2. The van der Waals surface area contributed by atoms with E-state index in [1.807, 2.05) is 0 Å². The van der Waals surface area contributed by atoms with E-state index in [0.717, 1.165) is 85.2 Å². The van der Waals surface area contributed by atoms with Crippen LogP contribution in [0.1, 0.15) is 68.1 Å². The number of hydrogen-bond donors (Lipinski definition) is 0. The van der Waals surface area contributed by atoms with Crippen LogP contribution in [0, 0.1) is 0 Å². The zero-order valence-corrected chi connectivity index (χ0v) is 26.7. The van der Waals surface area contributed by atoms with Gasteiger partial charge in [-0.25, -0.2) is 0 Å². The second-order valence-electron chi connectivity index (χ2n) is 12.5. The molecule has 0 aromatic heterocycles. The molecule has 3 aromatic rings. The van der Waals surface area contributed by atoms with Gasteiger partial charge in [0.2, 0.25) is 0 Å². The Morgan fingerprint density at radius 1 is 0.818 bits per heavy atom.